The molecule has 1 saturated heterocycles. The molecule has 4 nitrogen and oxygen atoms in total. The van der Waals surface area contributed by atoms with E-state index in [0.29, 0.717) is 18.7 Å². The molecule has 1 unspecified atom stereocenters. The van der Waals surface area contributed by atoms with Crippen LogP contribution in [0.2, 0.25) is 0 Å². The molecule has 1 aliphatic rings. The molecule has 1 fully saturated rings. The van der Waals surface area contributed by atoms with Gasteiger partial charge in [-0.25, -0.2) is 0 Å². The molecule has 0 saturated carbocycles. The summed E-state index contributed by atoms with van der Waals surface area (Å²) in [6.45, 7) is 6.73. The van der Waals surface area contributed by atoms with Gasteiger partial charge in [0.25, 0.3) is 5.91 Å². The Morgan fingerprint density at radius 1 is 1.35 bits per heavy atom. The van der Waals surface area contributed by atoms with E-state index in [1.807, 2.05) is 36.9 Å². The Morgan fingerprint density at radius 2 is 2.00 bits per heavy atom. The van der Waals surface area contributed by atoms with Crippen molar-refractivity contribution < 1.29 is 4.79 Å². The van der Waals surface area contributed by atoms with Gasteiger partial charge in [0.2, 0.25) is 0 Å². The summed E-state index contributed by atoms with van der Waals surface area (Å²) in [5.74, 6) is 0.0600. The van der Waals surface area contributed by atoms with Crippen LogP contribution in [0, 0.1) is 18.3 Å². The van der Waals surface area contributed by atoms with Crippen molar-refractivity contribution in [1.29, 1.82) is 5.26 Å². The van der Waals surface area contributed by atoms with Crippen molar-refractivity contribution in [2.45, 2.75) is 19.9 Å². The van der Waals surface area contributed by atoms with Gasteiger partial charge in [0.1, 0.15) is 0 Å². The third kappa shape index (κ3) is 3.20. The highest BCUT2D eigenvalue weighted by atomic mass is 79.9. The van der Waals surface area contributed by atoms with E-state index >= 15 is 0 Å². The van der Waals surface area contributed by atoms with Crippen LogP contribution in [0.25, 0.3) is 0 Å². The van der Waals surface area contributed by atoms with Gasteiger partial charge in [-0.2, -0.15) is 5.26 Å². The zero-order chi connectivity index (χ0) is 14.7. The third-order valence-corrected chi connectivity index (χ3v) is 4.38. The van der Waals surface area contributed by atoms with Gasteiger partial charge in [-0.1, -0.05) is 11.6 Å². The van der Waals surface area contributed by atoms with Crippen LogP contribution in [0.3, 0.4) is 0 Å². The Morgan fingerprint density at radius 3 is 2.60 bits per heavy atom. The number of aryl methyl sites for hydroxylation is 1. The molecule has 0 radical (unpaired) electrons. The highest BCUT2D eigenvalue weighted by Crippen LogP contribution is 2.20. The fourth-order valence-corrected chi connectivity index (χ4v) is 2.78. The lowest BCUT2D eigenvalue weighted by atomic mass is 10.1. The molecule has 1 heterocycles. The number of piperazine rings is 1. The second-order valence-electron chi connectivity index (χ2n) is 5.12. The molecular weight excluding hydrogens is 318 g/mol. The summed E-state index contributed by atoms with van der Waals surface area (Å²) in [6.07, 6.45) is 0. The first-order chi connectivity index (χ1) is 9.52. The van der Waals surface area contributed by atoms with E-state index in [1.165, 1.54) is 0 Å². The number of rotatable bonds is 2. The van der Waals surface area contributed by atoms with E-state index in [4.69, 9.17) is 5.26 Å². The zero-order valence-electron chi connectivity index (χ0n) is 11.8. The summed E-state index contributed by atoms with van der Waals surface area (Å²) in [6, 6.07) is 7.96. The fraction of sp³-hybridized carbons (Fsp3) is 0.467. The molecule has 0 N–H and O–H groups in total. The van der Waals surface area contributed by atoms with E-state index in [1.54, 1.807) is 0 Å². The summed E-state index contributed by atoms with van der Waals surface area (Å²) >= 11 is 3.44. The molecule has 1 aromatic carbocycles. The molecule has 0 bridgehead atoms. The highest BCUT2D eigenvalue weighted by Gasteiger charge is 2.25. The molecular formula is C15H18BrN3O. The number of carbonyl (C=O) groups is 1. The normalized spacial score (nSPS) is 17.6. The Bertz CT molecular complexity index is 545. The molecule has 1 aromatic rings. The molecule has 1 amide bonds. The Hall–Kier alpha value is -1.38. The van der Waals surface area contributed by atoms with Crippen LogP contribution >= 0.6 is 15.9 Å². The van der Waals surface area contributed by atoms with Gasteiger partial charge in [-0.3, -0.25) is 9.69 Å². The minimum absolute atomic E-state index is 0.0600. The van der Waals surface area contributed by atoms with Crippen LogP contribution in [0.5, 0.6) is 0 Å². The number of amides is 1. The maximum absolute atomic E-state index is 12.5. The van der Waals surface area contributed by atoms with Crippen LogP contribution < -0.4 is 0 Å². The van der Waals surface area contributed by atoms with Crippen LogP contribution in [-0.4, -0.2) is 47.9 Å². The van der Waals surface area contributed by atoms with Gasteiger partial charge >= 0.3 is 0 Å². The summed E-state index contributed by atoms with van der Waals surface area (Å²) in [5, 5.41) is 8.93. The van der Waals surface area contributed by atoms with Crippen molar-refractivity contribution in [3.05, 3.63) is 33.8 Å². The van der Waals surface area contributed by atoms with E-state index in [2.05, 4.69) is 26.9 Å². The first-order valence-electron chi connectivity index (χ1n) is 6.72. The summed E-state index contributed by atoms with van der Waals surface area (Å²) < 4.78 is 0.834. The quantitative estimate of drug-likeness (QED) is 0.833. The topological polar surface area (TPSA) is 47.3 Å². The van der Waals surface area contributed by atoms with E-state index in [9.17, 15) is 4.79 Å². The molecule has 1 atom stereocenters. The molecule has 2 rings (SSSR count). The van der Waals surface area contributed by atoms with Crippen LogP contribution in [0.4, 0.5) is 0 Å². The number of hydrogen-bond donors (Lipinski definition) is 0. The average molecular weight is 336 g/mol. The average Bonchev–Trinajstić information content (AvgIpc) is 2.48. The second kappa shape index (κ2) is 6.38. The number of carbonyl (C=O) groups excluding carboxylic acids is 1. The monoisotopic (exact) mass is 335 g/mol. The summed E-state index contributed by atoms with van der Waals surface area (Å²) in [5.41, 5.74) is 1.79. The van der Waals surface area contributed by atoms with Gasteiger partial charge < -0.3 is 4.90 Å². The first-order valence-corrected chi connectivity index (χ1v) is 7.51. The van der Waals surface area contributed by atoms with Crippen molar-refractivity contribution >= 4 is 21.8 Å². The van der Waals surface area contributed by atoms with Gasteiger partial charge in [0.15, 0.2) is 0 Å². The lowest BCUT2D eigenvalue weighted by Gasteiger charge is -2.36. The van der Waals surface area contributed by atoms with Crippen LogP contribution in [0.15, 0.2) is 22.7 Å². The predicted molar refractivity (Wildman–Crippen MR) is 81.4 cm³/mol. The standard InChI is InChI=1S/C15H18BrN3O/c1-11-3-4-14(16)13(9-11)15(20)19-7-5-18(6-8-19)12(2)10-17/h3-4,9,12H,5-8H2,1-2H3. The van der Waals surface area contributed by atoms with E-state index in [-0.39, 0.29) is 11.9 Å². The summed E-state index contributed by atoms with van der Waals surface area (Å²) in [7, 11) is 0. The van der Waals surface area contributed by atoms with Crippen molar-refractivity contribution in [2.24, 2.45) is 0 Å². The largest absolute Gasteiger partial charge is 0.336 e. The number of halogens is 1. The first kappa shape index (κ1) is 15.0. The van der Waals surface area contributed by atoms with Crippen molar-refractivity contribution in [1.82, 2.24) is 9.80 Å². The van der Waals surface area contributed by atoms with Crippen molar-refractivity contribution in [3.63, 3.8) is 0 Å². The maximum Gasteiger partial charge on any atom is 0.255 e. The van der Waals surface area contributed by atoms with Crippen LogP contribution in [-0.2, 0) is 0 Å². The Kier molecular flexibility index (Phi) is 4.79. The lowest BCUT2D eigenvalue weighted by Crippen LogP contribution is -2.51. The molecule has 5 heteroatoms. The molecule has 0 aliphatic carbocycles. The highest BCUT2D eigenvalue weighted by molar-refractivity contribution is 9.10. The fourth-order valence-electron chi connectivity index (χ4n) is 2.37. The molecule has 0 aromatic heterocycles. The molecule has 1 aliphatic heterocycles. The number of hydrogen-bond acceptors (Lipinski definition) is 3. The maximum atomic E-state index is 12.5. The Labute approximate surface area is 128 Å². The lowest BCUT2D eigenvalue weighted by molar-refractivity contribution is 0.0614. The number of nitrogens with zero attached hydrogens (tertiary/aromatic N) is 3. The molecule has 106 valence electrons. The number of benzene rings is 1. The zero-order valence-corrected chi connectivity index (χ0v) is 13.4. The SMILES string of the molecule is Cc1ccc(Br)c(C(=O)N2CCN(C(C)C#N)CC2)c1. The Balaban J connectivity index is 2.05. The van der Waals surface area contributed by atoms with E-state index in [0.717, 1.165) is 23.1 Å². The van der Waals surface area contributed by atoms with Crippen LogP contribution in [0.1, 0.15) is 22.8 Å². The number of nitriles is 1. The predicted octanol–water partition coefficient (Wildman–Crippen LogP) is 2.43. The second-order valence-corrected chi connectivity index (χ2v) is 5.97. The smallest absolute Gasteiger partial charge is 0.255 e. The molecule has 0 spiro atoms. The van der Waals surface area contributed by atoms with Gasteiger partial charge in [-0.05, 0) is 41.9 Å². The minimum atomic E-state index is -0.0852. The van der Waals surface area contributed by atoms with Gasteiger partial charge in [-0.15, -0.1) is 0 Å². The van der Waals surface area contributed by atoms with Crippen molar-refractivity contribution in [2.75, 3.05) is 26.2 Å². The van der Waals surface area contributed by atoms with Gasteiger partial charge in [0, 0.05) is 30.7 Å². The van der Waals surface area contributed by atoms with E-state index < -0.39 is 0 Å². The third-order valence-electron chi connectivity index (χ3n) is 3.69. The van der Waals surface area contributed by atoms with Crippen molar-refractivity contribution in [3.8, 4) is 6.07 Å². The summed E-state index contributed by atoms with van der Waals surface area (Å²) in [4.78, 5) is 16.5. The molecule has 20 heavy (non-hydrogen) atoms. The minimum Gasteiger partial charge on any atom is -0.336 e. The van der Waals surface area contributed by atoms with Gasteiger partial charge in [0.05, 0.1) is 17.7 Å².